The van der Waals surface area contributed by atoms with Crippen LogP contribution >= 0.6 is 0 Å². The van der Waals surface area contributed by atoms with E-state index in [0.717, 1.165) is 5.69 Å². The topological polar surface area (TPSA) is 34.9 Å². The number of hydrogen-bond donors (Lipinski definition) is 0. The monoisotopic (exact) mass is 162 g/mol. The minimum Gasteiger partial charge on any atom is -0.285 e. The minimum atomic E-state index is -0.0852. The van der Waals surface area contributed by atoms with E-state index in [2.05, 4.69) is 10.9 Å². The molecule has 62 valence electrons. The van der Waals surface area contributed by atoms with E-state index in [1.54, 1.807) is 13.8 Å². The van der Waals surface area contributed by atoms with E-state index in [0.29, 0.717) is 5.82 Å². The maximum absolute atomic E-state index is 11.3. The molecule has 1 aromatic heterocycles. The molecule has 1 rings (SSSR count). The summed E-state index contributed by atoms with van der Waals surface area (Å²) in [6.07, 6.45) is 5.10. The Kier molecular flexibility index (Phi) is 2.29. The maximum atomic E-state index is 11.3. The van der Waals surface area contributed by atoms with E-state index in [-0.39, 0.29) is 12.1 Å². The quantitative estimate of drug-likeness (QED) is 0.563. The Morgan fingerprint density at radius 2 is 2.33 bits per heavy atom. The van der Waals surface area contributed by atoms with Gasteiger partial charge in [-0.1, -0.05) is 5.92 Å². The van der Waals surface area contributed by atoms with Crippen molar-refractivity contribution in [3.63, 3.8) is 0 Å². The molecule has 1 aromatic rings. The van der Waals surface area contributed by atoms with Gasteiger partial charge >= 0.3 is 0 Å². The lowest BCUT2D eigenvalue weighted by atomic mass is 10.4. The molecule has 0 aliphatic heterocycles. The zero-order valence-corrected chi connectivity index (χ0v) is 7.16. The van der Waals surface area contributed by atoms with Crippen LogP contribution in [0, 0.1) is 26.2 Å². The van der Waals surface area contributed by atoms with Crippen LogP contribution in [0.5, 0.6) is 0 Å². The average Bonchev–Trinajstić information content (AvgIpc) is 1.96. The van der Waals surface area contributed by atoms with Crippen LogP contribution in [0.1, 0.15) is 11.5 Å². The second kappa shape index (κ2) is 3.22. The molecule has 0 radical (unpaired) electrons. The van der Waals surface area contributed by atoms with Crippen LogP contribution in [0.25, 0.3) is 0 Å². The Hall–Kier alpha value is -1.56. The average molecular weight is 162 g/mol. The van der Waals surface area contributed by atoms with Gasteiger partial charge in [0.15, 0.2) is 0 Å². The summed E-state index contributed by atoms with van der Waals surface area (Å²) >= 11 is 0. The molecule has 0 spiro atoms. The van der Waals surface area contributed by atoms with Crippen molar-refractivity contribution in [2.45, 2.75) is 20.4 Å². The Morgan fingerprint density at radius 3 is 2.83 bits per heavy atom. The van der Waals surface area contributed by atoms with Crippen molar-refractivity contribution in [1.29, 1.82) is 0 Å². The summed E-state index contributed by atoms with van der Waals surface area (Å²) in [5.74, 6) is 3.07. The van der Waals surface area contributed by atoms with E-state index >= 15 is 0 Å². The highest BCUT2D eigenvalue weighted by Gasteiger charge is 1.99. The first-order valence-electron chi connectivity index (χ1n) is 3.63. The van der Waals surface area contributed by atoms with E-state index in [1.165, 1.54) is 10.6 Å². The Labute approximate surface area is 71.1 Å². The highest BCUT2D eigenvalue weighted by molar-refractivity contribution is 5.03. The molecule has 0 aromatic carbocycles. The third-order valence-corrected chi connectivity index (χ3v) is 1.58. The molecule has 0 N–H and O–H groups in total. The van der Waals surface area contributed by atoms with Crippen molar-refractivity contribution in [2.24, 2.45) is 0 Å². The van der Waals surface area contributed by atoms with Gasteiger partial charge in [-0.2, -0.15) is 0 Å². The standard InChI is InChI=1S/C9H10N2O/c1-4-5-11-8(3)10-7(2)6-9(11)12/h1,6H,5H2,2-3H3. The predicted molar refractivity (Wildman–Crippen MR) is 46.8 cm³/mol. The summed E-state index contributed by atoms with van der Waals surface area (Å²) in [6, 6.07) is 1.48. The van der Waals surface area contributed by atoms with Gasteiger partial charge in [-0.15, -0.1) is 6.42 Å². The van der Waals surface area contributed by atoms with Gasteiger partial charge in [0.25, 0.3) is 5.56 Å². The van der Waals surface area contributed by atoms with Crippen LogP contribution in [0.3, 0.4) is 0 Å². The van der Waals surface area contributed by atoms with Gasteiger partial charge in [0.2, 0.25) is 0 Å². The fourth-order valence-corrected chi connectivity index (χ4v) is 1.05. The van der Waals surface area contributed by atoms with Gasteiger partial charge in [0, 0.05) is 11.8 Å². The lowest BCUT2D eigenvalue weighted by Crippen LogP contribution is -2.22. The van der Waals surface area contributed by atoms with Gasteiger partial charge < -0.3 is 0 Å². The van der Waals surface area contributed by atoms with Crippen molar-refractivity contribution in [3.05, 3.63) is 27.9 Å². The molecular formula is C9H10N2O. The highest BCUT2D eigenvalue weighted by Crippen LogP contribution is 1.91. The number of aromatic nitrogens is 2. The van der Waals surface area contributed by atoms with Gasteiger partial charge in [0.05, 0.1) is 6.54 Å². The fraction of sp³-hybridized carbons (Fsp3) is 0.333. The molecule has 0 saturated heterocycles. The van der Waals surface area contributed by atoms with E-state index in [1.807, 2.05) is 0 Å². The normalized spacial score (nSPS) is 9.42. The molecule has 0 fully saturated rings. The summed E-state index contributed by atoms with van der Waals surface area (Å²) in [5, 5.41) is 0. The first kappa shape index (κ1) is 8.54. The molecule has 3 nitrogen and oxygen atoms in total. The van der Waals surface area contributed by atoms with Gasteiger partial charge in [0.1, 0.15) is 5.82 Å². The van der Waals surface area contributed by atoms with E-state index in [9.17, 15) is 4.79 Å². The van der Waals surface area contributed by atoms with Crippen molar-refractivity contribution in [3.8, 4) is 12.3 Å². The Bertz CT molecular complexity index is 384. The van der Waals surface area contributed by atoms with E-state index in [4.69, 9.17) is 6.42 Å². The van der Waals surface area contributed by atoms with Crippen LogP contribution in [-0.4, -0.2) is 9.55 Å². The third kappa shape index (κ3) is 1.54. The van der Waals surface area contributed by atoms with Crippen LogP contribution in [0.2, 0.25) is 0 Å². The lowest BCUT2D eigenvalue weighted by molar-refractivity contribution is 0.720. The van der Waals surface area contributed by atoms with Crippen molar-refractivity contribution in [2.75, 3.05) is 0 Å². The molecule has 0 aliphatic rings. The molecule has 3 heteroatoms. The minimum absolute atomic E-state index is 0.0852. The lowest BCUT2D eigenvalue weighted by Gasteiger charge is -2.04. The van der Waals surface area contributed by atoms with Crippen molar-refractivity contribution in [1.82, 2.24) is 9.55 Å². The van der Waals surface area contributed by atoms with E-state index < -0.39 is 0 Å². The summed E-state index contributed by atoms with van der Waals surface area (Å²) in [6.45, 7) is 3.85. The SMILES string of the molecule is C#CCn1c(C)nc(C)cc1=O. The van der Waals surface area contributed by atoms with Crippen LogP contribution in [0.4, 0.5) is 0 Å². The maximum Gasteiger partial charge on any atom is 0.254 e. The zero-order valence-electron chi connectivity index (χ0n) is 7.16. The van der Waals surface area contributed by atoms with Crippen molar-refractivity contribution >= 4 is 0 Å². The van der Waals surface area contributed by atoms with Gasteiger partial charge in [-0.05, 0) is 13.8 Å². The third-order valence-electron chi connectivity index (χ3n) is 1.58. The Morgan fingerprint density at radius 1 is 1.67 bits per heavy atom. The molecule has 0 atom stereocenters. The number of nitrogens with zero attached hydrogens (tertiary/aromatic N) is 2. The predicted octanol–water partition coefficient (Wildman–Crippen LogP) is 0.493. The first-order chi connectivity index (χ1) is 5.65. The molecular weight excluding hydrogens is 152 g/mol. The fourth-order valence-electron chi connectivity index (χ4n) is 1.05. The highest BCUT2D eigenvalue weighted by atomic mass is 16.1. The second-order valence-corrected chi connectivity index (χ2v) is 2.57. The number of hydrogen-bond acceptors (Lipinski definition) is 2. The van der Waals surface area contributed by atoms with Crippen LogP contribution in [0.15, 0.2) is 10.9 Å². The molecule has 1 heterocycles. The Balaban J connectivity index is 3.31. The zero-order chi connectivity index (χ0) is 9.14. The smallest absolute Gasteiger partial charge is 0.254 e. The largest absolute Gasteiger partial charge is 0.285 e. The summed E-state index contributed by atoms with van der Waals surface area (Å²) < 4.78 is 1.47. The first-order valence-corrected chi connectivity index (χ1v) is 3.63. The molecule has 0 unspecified atom stereocenters. The number of rotatable bonds is 1. The molecule has 12 heavy (non-hydrogen) atoms. The second-order valence-electron chi connectivity index (χ2n) is 2.57. The van der Waals surface area contributed by atoms with Crippen LogP contribution in [-0.2, 0) is 6.54 Å². The van der Waals surface area contributed by atoms with Gasteiger partial charge in [-0.3, -0.25) is 9.36 Å². The molecule has 0 aliphatic carbocycles. The summed E-state index contributed by atoms with van der Waals surface area (Å²) in [5.41, 5.74) is 0.642. The number of terminal acetylenes is 1. The molecule has 0 saturated carbocycles. The van der Waals surface area contributed by atoms with Crippen molar-refractivity contribution < 1.29 is 0 Å². The van der Waals surface area contributed by atoms with Crippen LogP contribution < -0.4 is 5.56 Å². The summed E-state index contributed by atoms with van der Waals surface area (Å²) in [4.78, 5) is 15.4. The number of aryl methyl sites for hydroxylation is 2. The molecule has 0 bridgehead atoms. The molecule has 0 amide bonds. The summed E-state index contributed by atoms with van der Waals surface area (Å²) in [7, 11) is 0. The van der Waals surface area contributed by atoms with Gasteiger partial charge in [-0.25, -0.2) is 4.98 Å².